The molecule has 50 valence electrons. The minimum Gasteiger partial charge on any atom is -0.238 e. The smallest absolute Gasteiger partial charge is 0.188 e. The zero-order valence-corrected chi connectivity index (χ0v) is 7.28. The third kappa shape index (κ3) is 1.50. The van der Waals surface area contributed by atoms with Crippen molar-refractivity contribution in [2.45, 2.75) is 0 Å². The SMILES string of the molecule is [C-]#[N+]c1ccc(Cl)c(Br)c1. The Morgan fingerprint density at radius 2 is 2.20 bits per heavy atom. The highest BCUT2D eigenvalue weighted by Gasteiger charge is 1.96. The summed E-state index contributed by atoms with van der Waals surface area (Å²) < 4.78 is 0.766. The Morgan fingerprint density at radius 3 is 2.70 bits per heavy atom. The van der Waals surface area contributed by atoms with Crippen molar-refractivity contribution in [1.29, 1.82) is 0 Å². The zero-order valence-electron chi connectivity index (χ0n) is 4.94. The van der Waals surface area contributed by atoms with Gasteiger partial charge >= 0.3 is 0 Å². The summed E-state index contributed by atoms with van der Waals surface area (Å²) >= 11 is 8.90. The largest absolute Gasteiger partial charge is 0.238 e. The van der Waals surface area contributed by atoms with E-state index < -0.39 is 0 Å². The normalized spacial score (nSPS) is 8.90. The maximum absolute atomic E-state index is 6.67. The van der Waals surface area contributed by atoms with Gasteiger partial charge in [0.1, 0.15) is 0 Å². The number of rotatable bonds is 0. The number of halogens is 2. The van der Waals surface area contributed by atoms with Gasteiger partial charge < -0.3 is 0 Å². The lowest BCUT2D eigenvalue weighted by Gasteiger charge is -1.93. The molecule has 0 fully saturated rings. The summed E-state index contributed by atoms with van der Waals surface area (Å²) in [4.78, 5) is 3.23. The molecule has 0 aliphatic rings. The van der Waals surface area contributed by atoms with Crippen LogP contribution in [0, 0.1) is 6.57 Å². The van der Waals surface area contributed by atoms with Crippen LogP contribution in [0.15, 0.2) is 22.7 Å². The van der Waals surface area contributed by atoms with Crippen molar-refractivity contribution in [2.75, 3.05) is 0 Å². The van der Waals surface area contributed by atoms with Crippen molar-refractivity contribution >= 4 is 33.2 Å². The highest BCUT2D eigenvalue weighted by molar-refractivity contribution is 9.10. The fraction of sp³-hybridized carbons (Fsp3) is 0. The van der Waals surface area contributed by atoms with Crippen LogP contribution < -0.4 is 0 Å². The van der Waals surface area contributed by atoms with Gasteiger partial charge in [0, 0.05) is 4.47 Å². The molecule has 0 saturated heterocycles. The number of hydrogen-bond acceptors (Lipinski definition) is 0. The van der Waals surface area contributed by atoms with Gasteiger partial charge in [-0.25, -0.2) is 4.85 Å². The Hall–Kier alpha value is -0.520. The van der Waals surface area contributed by atoms with Crippen LogP contribution in [0.5, 0.6) is 0 Å². The zero-order chi connectivity index (χ0) is 7.56. The van der Waals surface area contributed by atoms with Gasteiger partial charge in [-0.3, -0.25) is 0 Å². The lowest BCUT2D eigenvalue weighted by molar-refractivity contribution is 1.66. The van der Waals surface area contributed by atoms with Crippen LogP contribution in [0.3, 0.4) is 0 Å². The summed E-state index contributed by atoms with van der Waals surface area (Å²) in [6.45, 7) is 6.67. The highest BCUT2D eigenvalue weighted by Crippen LogP contribution is 2.26. The topological polar surface area (TPSA) is 4.36 Å². The van der Waals surface area contributed by atoms with E-state index in [-0.39, 0.29) is 0 Å². The third-order valence-electron chi connectivity index (χ3n) is 1.03. The van der Waals surface area contributed by atoms with Gasteiger partial charge in [-0.15, -0.1) is 0 Å². The second kappa shape index (κ2) is 3.05. The molecule has 0 saturated carbocycles. The standard InChI is InChI=1S/C7H3BrClN/c1-10-5-2-3-7(9)6(8)4-5/h2-4H. The van der Waals surface area contributed by atoms with Crippen LogP contribution in [0.4, 0.5) is 5.69 Å². The average molecular weight is 216 g/mol. The van der Waals surface area contributed by atoms with Gasteiger partial charge in [-0.05, 0) is 6.07 Å². The lowest BCUT2D eigenvalue weighted by atomic mass is 10.3. The van der Waals surface area contributed by atoms with Crippen LogP contribution in [-0.4, -0.2) is 0 Å². The van der Waals surface area contributed by atoms with Crippen molar-refractivity contribution in [1.82, 2.24) is 0 Å². The molecule has 10 heavy (non-hydrogen) atoms. The molecular weight excluding hydrogens is 213 g/mol. The van der Waals surface area contributed by atoms with Gasteiger partial charge in [0.2, 0.25) is 0 Å². The molecule has 1 aromatic carbocycles. The first-order valence-electron chi connectivity index (χ1n) is 2.56. The van der Waals surface area contributed by atoms with E-state index >= 15 is 0 Å². The Bertz CT molecular complexity index is 290. The number of nitrogens with zero attached hydrogens (tertiary/aromatic N) is 1. The minimum atomic E-state index is 0.594. The third-order valence-corrected chi connectivity index (χ3v) is 2.25. The fourth-order valence-electron chi connectivity index (χ4n) is 0.555. The van der Waals surface area contributed by atoms with Crippen molar-refractivity contribution in [3.05, 3.63) is 39.1 Å². The summed E-state index contributed by atoms with van der Waals surface area (Å²) in [5.74, 6) is 0. The Labute approximate surface area is 72.6 Å². The molecule has 0 N–H and O–H groups in total. The molecule has 0 heterocycles. The molecule has 0 aliphatic carbocycles. The molecule has 0 atom stereocenters. The van der Waals surface area contributed by atoms with E-state index in [4.69, 9.17) is 18.2 Å². The predicted molar refractivity (Wildman–Crippen MR) is 45.4 cm³/mol. The summed E-state index contributed by atoms with van der Waals surface area (Å²) in [6.07, 6.45) is 0. The summed E-state index contributed by atoms with van der Waals surface area (Å²) in [5, 5.41) is 0.632. The van der Waals surface area contributed by atoms with Crippen LogP contribution >= 0.6 is 27.5 Å². The molecule has 0 aromatic heterocycles. The Kier molecular flexibility index (Phi) is 2.31. The predicted octanol–water partition coefficient (Wildman–Crippen LogP) is 3.65. The van der Waals surface area contributed by atoms with E-state index in [2.05, 4.69) is 20.8 Å². The van der Waals surface area contributed by atoms with Crippen LogP contribution in [0.1, 0.15) is 0 Å². The van der Waals surface area contributed by atoms with Crippen LogP contribution in [0.25, 0.3) is 4.85 Å². The van der Waals surface area contributed by atoms with Crippen molar-refractivity contribution in [3.8, 4) is 0 Å². The Morgan fingerprint density at radius 1 is 1.50 bits per heavy atom. The molecule has 1 rings (SSSR count). The molecule has 0 radical (unpaired) electrons. The number of hydrogen-bond donors (Lipinski definition) is 0. The maximum atomic E-state index is 6.67. The van der Waals surface area contributed by atoms with E-state index in [0.29, 0.717) is 10.7 Å². The van der Waals surface area contributed by atoms with Gasteiger partial charge in [0.05, 0.1) is 11.6 Å². The second-order valence-corrected chi connectivity index (χ2v) is 2.97. The molecule has 1 nitrogen and oxygen atoms in total. The number of benzene rings is 1. The van der Waals surface area contributed by atoms with E-state index in [0.717, 1.165) is 4.47 Å². The minimum absolute atomic E-state index is 0.594. The monoisotopic (exact) mass is 215 g/mol. The molecule has 3 heteroatoms. The summed E-state index contributed by atoms with van der Waals surface area (Å²) in [7, 11) is 0. The van der Waals surface area contributed by atoms with Gasteiger partial charge in [0.15, 0.2) is 5.69 Å². The Balaban J connectivity index is 3.20. The molecule has 0 bridgehead atoms. The molecule has 0 amide bonds. The van der Waals surface area contributed by atoms with Gasteiger partial charge in [0.25, 0.3) is 0 Å². The van der Waals surface area contributed by atoms with Gasteiger partial charge in [-0.2, -0.15) is 0 Å². The fourth-order valence-corrected chi connectivity index (χ4v) is 1.04. The second-order valence-electron chi connectivity index (χ2n) is 1.71. The molecule has 0 spiro atoms. The summed E-state index contributed by atoms with van der Waals surface area (Å²) in [5.41, 5.74) is 0.594. The average Bonchev–Trinajstić information content (AvgIpc) is 1.95. The quantitative estimate of drug-likeness (QED) is 0.583. The van der Waals surface area contributed by atoms with Crippen molar-refractivity contribution in [3.63, 3.8) is 0 Å². The van der Waals surface area contributed by atoms with E-state index in [9.17, 15) is 0 Å². The van der Waals surface area contributed by atoms with Crippen molar-refractivity contribution < 1.29 is 0 Å². The van der Waals surface area contributed by atoms with E-state index in [1.54, 1.807) is 18.2 Å². The van der Waals surface area contributed by atoms with Gasteiger partial charge in [-0.1, -0.05) is 39.7 Å². The first kappa shape index (κ1) is 7.59. The molecule has 0 aliphatic heterocycles. The maximum Gasteiger partial charge on any atom is 0.188 e. The van der Waals surface area contributed by atoms with E-state index in [1.807, 2.05) is 0 Å². The molecule has 1 aromatic rings. The molecule has 0 unspecified atom stereocenters. The summed E-state index contributed by atoms with van der Waals surface area (Å²) in [6, 6.07) is 5.06. The first-order chi connectivity index (χ1) is 4.74. The van der Waals surface area contributed by atoms with Crippen LogP contribution in [0.2, 0.25) is 5.02 Å². The molecular formula is C7H3BrClN. The van der Waals surface area contributed by atoms with E-state index in [1.165, 1.54) is 0 Å². The lowest BCUT2D eigenvalue weighted by Crippen LogP contribution is -1.65. The van der Waals surface area contributed by atoms with Crippen LogP contribution in [-0.2, 0) is 0 Å². The first-order valence-corrected chi connectivity index (χ1v) is 3.73. The van der Waals surface area contributed by atoms with Crippen molar-refractivity contribution in [2.24, 2.45) is 0 Å². The highest BCUT2D eigenvalue weighted by atomic mass is 79.9.